The fourth-order valence-electron chi connectivity index (χ4n) is 0.144. The lowest BCUT2D eigenvalue weighted by Crippen LogP contribution is -2.17. The Balaban J connectivity index is 0. The minimum absolute atomic E-state index is 0.318. The van der Waals surface area contributed by atoms with Crippen molar-refractivity contribution in [2.45, 2.75) is 40.2 Å². The van der Waals surface area contributed by atoms with Crippen molar-refractivity contribution in [2.75, 3.05) is 0 Å². The first kappa shape index (κ1) is 13.5. The monoisotopic (exact) mass is 174 g/mol. The van der Waals surface area contributed by atoms with Gasteiger partial charge in [-0.15, -0.1) is 0 Å². The molecule has 0 saturated heterocycles. The van der Waals surface area contributed by atoms with E-state index in [2.05, 4.69) is 9.84 Å². The molecule has 0 fully saturated rings. The molecule has 0 radical (unpaired) electrons. The standard InChI is InChI=1S/C5H10O2.C3H8N2/c1-5(2,3)7-4-6;1-3(2)5-4/h4H,1-3H3;4H2,1-2H3. The molecule has 4 heteroatoms. The molecule has 0 amide bonds. The second-order valence-corrected chi connectivity index (χ2v) is 3.40. The molecular formula is C8H18N2O2. The van der Waals surface area contributed by atoms with Crippen LogP contribution in [0.25, 0.3) is 0 Å². The maximum atomic E-state index is 9.60. The highest BCUT2D eigenvalue weighted by atomic mass is 16.5. The second kappa shape index (κ2) is 6.64. The summed E-state index contributed by atoms with van der Waals surface area (Å²) < 4.78 is 4.55. The van der Waals surface area contributed by atoms with Crippen molar-refractivity contribution in [3.63, 3.8) is 0 Å². The van der Waals surface area contributed by atoms with Crippen LogP contribution in [0.3, 0.4) is 0 Å². The summed E-state index contributed by atoms with van der Waals surface area (Å²) in [6, 6.07) is 0. The summed E-state index contributed by atoms with van der Waals surface area (Å²) in [5.41, 5.74) is 0.590. The number of hydrogen-bond donors (Lipinski definition) is 1. The van der Waals surface area contributed by atoms with Gasteiger partial charge < -0.3 is 10.6 Å². The van der Waals surface area contributed by atoms with E-state index in [-0.39, 0.29) is 5.60 Å². The normalized spacial score (nSPS) is 9.08. The number of nitrogens with zero attached hydrogens (tertiary/aromatic N) is 1. The highest BCUT2D eigenvalue weighted by molar-refractivity contribution is 5.78. The number of hydrogen-bond acceptors (Lipinski definition) is 4. The Hall–Kier alpha value is -1.06. The Morgan fingerprint density at radius 1 is 1.42 bits per heavy atom. The quantitative estimate of drug-likeness (QED) is 0.282. The number of ether oxygens (including phenoxy) is 1. The van der Waals surface area contributed by atoms with Gasteiger partial charge in [-0.25, -0.2) is 0 Å². The van der Waals surface area contributed by atoms with Gasteiger partial charge in [0, 0.05) is 5.71 Å². The smallest absolute Gasteiger partial charge is 0.293 e. The van der Waals surface area contributed by atoms with Crippen molar-refractivity contribution < 1.29 is 9.53 Å². The van der Waals surface area contributed by atoms with Crippen LogP contribution < -0.4 is 5.84 Å². The SMILES string of the molecule is CC(C)(C)OC=O.CC(C)=NN. The van der Waals surface area contributed by atoms with Crippen molar-refractivity contribution in [2.24, 2.45) is 10.9 Å². The Morgan fingerprint density at radius 2 is 1.75 bits per heavy atom. The van der Waals surface area contributed by atoms with E-state index in [0.29, 0.717) is 6.47 Å². The number of carbonyl (C=O) groups is 1. The molecule has 0 aromatic heterocycles. The van der Waals surface area contributed by atoms with Gasteiger partial charge in [-0.1, -0.05) is 0 Å². The van der Waals surface area contributed by atoms with Crippen LogP contribution in [0.1, 0.15) is 34.6 Å². The minimum Gasteiger partial charge on any atom is -0.462 e. The molecule has 72 valence electrons. The van der Waals surface area contributed by atoms with Crippen molar-refractivity contribution in [1.29, 1.82) is 0 Å². The van der Waals surface area contributed by atoms with E-state index in [1.807, 2.05) is 34.6 Å². The van der Waals surface area contributed by atoms with Gasteiger partial charge in [-0.2, -0.15) is 5.10 Å². The molecule has 0 bridgehead atoms. The number of hydrazone groups is 1. The predicted molar refractivity (Wildman–Crippen MR) is 49.9 cm³/mol. The molecule has 0 aromatic carbocycles. The van der Waals surface area contributed by atoms with E-state index in [4.69, 9.17) is 5.84 Å². The van der Waals surface area contributed by atoms with E-state index in [9.17, 15) is 4.79 Å². The molecule has 0 aliphatic rings. The summed E-state index contributed by atoms with van der Waals surface area (Å²) in [5.74, 6) is 4.76. The zero-order chi connectivity index (χ0) is 10.2. The van der Waals surface area contributed by atoms with Crippen LogP contribution in [0.15, 0.2) is 5.10 Å². The summed E-state index contributed by atoms with van der Waals surface area (Å²) in [7, 11) is 0. The summed E-state index contributed by atoms with van der Waals surface area (Å²) in [6.07, 6.45) is 0. The molecule has 12 heavy (non-hydrogen) atoms. The van der Waals surface area contributed by atoms with Gasteiger partial charge in [0.2, 0.25) is 0 Å². The molecule has 0 rings (SSSR count). The van der Waals surface area contributed by atoms with Crippen molar-refractivity contribution in [1.82, 2.24) is 0 Å². The van der Waals surface area contributed by atoms with Crippen LogP contribution in [0.2, 0.25) is 0 Å². The molecule has 0 atom stereocenters. The lowest BCUT2D eigenvalue weighted by molar-refractivity contribution is -0.138. The average Bonchev–Trinajstić information content (AvgIpc) is 1.86. The zero-order valence-corrected chi connectivity index (χ0v) is 8.42. The topological polar surface area (TPSA) is 64.7 Å². The van der Waals surface area contributed by atoms with E-state index < -0.39 is 0 Å². The first-order valence-electron chi connectivity index (χ1n) is 3.66. The Labute approximate surface area is 73.8 Å². The van der Waals surface area contributed by atoms with Gasteiger partial charge in [0.15, 0.2) is 0 Å². The van der Waals surface area contributed by atoms with Crippen molar-refractivity contribution in [3.05, 3.63) is 0 Å². The second-order valence-electron chi connectivity index (χ2n) is 3.40. The molecule has 0 unspecified atom stereocenters. The molecule has 4 nitrogen and oxygen atoms in total. The van der Waals surface area contributed by atoms with Crippen LogP contribution in [-0.4, -0.2) is 17.8 Å². The van der Waals surface area contributed by atoms with Gasteiger partial charge >= 0.3 is 0 Å². The molecule has 0 heterocycles. The van der Waals surface area contributed by atoms with Gasteiger partial charge in [-0.05, 0) is 34.6 Å². The predicted octanol–water partition coefficient (Wildman–Crippen LogP) is 1.30. The first-order valence-corrected chi connectivity index (χ1v) is 3.66. The van der Waals surface area contributed by atoms with Crippen molar-refractivity contribution >= 4 is 12.2 Å². The summed E-state index contributed by atoms with van der Waals surface area (Å²) in [4.78, 5) is 9.60. The van der Waals surface area contributed by atoms with Gasteiger partial charge in [-0.3, -0.25) is 4.79 Å². The highest BCUT2D eigenvalue weighted by Crippen LogP contribution is 2.02. The van der Waals surface area contributed by atoms with E-state index in [1.165, 1.54) is 0 Å². The minimum atomic E-state index is -0.318. The van der Waals surface area contributed by atoms with Crippen LogP contribution in [-0.2, 0) is 9.53 Å². The Kier molecular flexibility index (Phi) is 7.48. The molecule has 2 N–H and O–H groups in total. The molecule has 0 saturated carbocycles. The van der Waals surface area contributed by atoms with Crippen LogP contribution in [0.5, 0.6) is 0 Å². The molecular weight excluding hydrogens is 156 g/mol. The van der Waals surface area contributed by atoms with Gasteiger partial charge in [0.05, 0.1) is 0 Å². The third-order valence-electron chi connectivity index (χ3n) is 0.660. The maximum Gasteiger partial charge on any atom is 0.293 e. The van der Waals surface area contributed by atoms with Crippen LogP contribution >= 0.6 is 0 Å². The number of carbonyl (C=O) groups excluding carboxylic acids is 1. The number of nitrogens with two attached hydrogens (primary N) is 1. The van der Waals surface area contributed by atoms with Crippen LogP contribution in [0, 0.1) is 0 Å². The van der Waals surface area contributed by atoms with Gasteiger partial charge in [0.1, 0.15) is 5.60 Å². The Bertz CT molecular complexity index is 144. The van der Waals surface area contributed by atoms with Crippen molar-refractivity contribution in [3.8, 4) is 0 Å². The van der Waals surface area contributed by atoms with E-state index in [1.54, 1.807) is 0 Å². The summed E-state index contributed by atoms with van der Waals surface area (Å²) in [5, 5.41) is 3.31. The maximum absolute atomic E-state index is 9.60. The van der Waals surface area contributed by atoms with Gasteiger partial charge in [0.25, 0.3) is 6.47 Å². The van der Waals surface area contributed by atoms with E-state index in [0.717, 1.165) is 5.71 Å². The third kappa shape index (κ3) is 23.1. The lowest BCUT2D eigenvalue weighted by atomic mass is 10.2. The fourth-order valence-corrected chi connectivity index (χ4v) is 0.144. The zero-order valence-electron chi connectivity index (χ0n) is 8.42. The molecule has 0 aromatic rings. The first-order chi connectivity index (χ1) is 5.33. The molecule has 0 aliphatic heterocycles. The summed E-state index contributed by atoms with van der Waals surface area (Å²) >= 11 is 0. The fraction of sp³-hybridized carbons (Fsp3) is 0.750. The molecule has 0 spiro atoms. The third-order valence-corrected chi connectivity index (χ3v) is 0.660. The lowest BCUT2D eigenvalue weighted by Gasteiger charge is -2.14. The largest absolute Gasteiger partial charge is 0.462 e. The van der Waals surface area contributed by atoms with E-state index >= 15 is 0 Å². The summed E-state index contributed by atoms with van der Waals surface area (Å²) in [6.45, 7) is 9.62. The number of rotatable bonds is 1. The Morgan fingerprint density at radius 3 is 1.75 bits per heavy atom. The average molecular weight is 174 g/mol. The molecule has 0 aliphatic carbocycles. The highest BCUT2D eigenvalue weighted by Gasteiger charge is 2.07. The van der Waals surface area contributed by atoms with Crippen LogP contribution in [0.4, 0.5) is 0 Å².